The standard InChI is InChI=1S/C14H17N3O3/c1-8-4-12(14(19)16-6-11(18)7-16)10(3)17(8)13-5-9(2)20-15-13/h4-5,11,18H,6-7H2,1-3H3. The maximum absolute atomic E-state index is 12.4. The fourth-order valence-corrected chi connectivity index (χ4v) is 2.58. The van der Waals surface area contributed by atoms with Crippen molar-refractivity contribution in [3.05, 3.63) is 34.8 Å². The second-order valence-corrected chi connectivity index (χ2v) is 5.28. The summed E-state index contributed by atoms with van der Waals surface area (Å²) in [5, 5.41) is 13.3. The Bertz CT molecular complexity index is 665. The average Bonchev–Trinajstić information content (AvgIpc) is 2.89. The molecule has 2 aromatic rings. The topological polar surface area (TPSA) is 71.5 Å². The molecule has 1 amide bonds. The highest BCUT2D eigenvalue weighted by Gasteiger charge is 2.31. The molecule has 0 bridgehead atoms. The molecule has 2 aromatic heterocycles. The van der Waals surface area contributed by atoms with Gasteiger partial charge < -0.3 is 14.5 Å². The number of carbonyl (C=O) groups is 1. The molecule has 0 atom stereocenters. The molecule has 3 rings (SSSR count). The van der Waals surface area contributed by atoms with E-state index >= 15 is 0 Å². The van der Waals surface area contributed by atoms with E-state index in [0.29, 0.717) is 24.5 Å². The van der Waals surface area contributed by atoms with Crippen LogP contribution in [0.1, 0.15) is 27.5 Å². The molecule has 0 aliphatic carbocycles. The van der Waals surface area contributed by atoms with E-state index in [9.17, 15) is 9.90 Å². The lowest BCUT2D eigenvalue weighted by molar-refractivity contribution is 0.00584. The SMILES string of the molecule is Cc1cc(-n2c(C)cc(C(=O)N3CC(O)C3)c2C)no1. The molecule has 6 heteroatoms. The Morgan fingerprint density at radius 2 is 2.05 bits per heavy atom. The molecule has 1 aliphatic heterocycles. The summed E-state index contributed by atoms with van der Waals surface area (Å²) < 4.78 is 7.00. The molecule has 6 nitrogen and oxygen atoms in total. The highest BCUT2D eigenvalue weighted by molar-refractivity contribution is 5.96. The Hall–Kier alpha value is -2.08. The predicted octanol–water partition coefficient (Wildman–Crippen LogP) is 1.21. The van der Waals surface area contributed by atoms with Gasteiger partial charge in [-0.15, -0.1) is 0 Å². The van der Waals surface area contributed by atoms with E-state index in [4.69, 9.17) is 4.52 Å². The second-order valence-electron chi connectivity index (χ2n) is 5.28. The summed E-state index contributed by atoms with van der Waals surface area (Å²) in [7, 11) is 0. The first-order valence-electron chi connectivity index (χ1n) is 6.57. The van der Waals surface area contributed by atoms with Gasteiger partial charge in [0.05, 0.1) is 11.7 Å². The minimum atomic E-state index is -0.388. The van der Waals surface area contributed by atoms with Gasteiger partial charge in [0.15, 0.2) is 5.82 Å². The Kier molecular flexibility index (Phi) is 2.90. The van der Waals surface area contributed by atoms with E-state index in [-0.39, 0.29) is 12.0 Å². The number of aliphatic hydroxyl groups excluding tert-OH is 1. The third kappa shape index (κ3) is 1.92. The van der Waals surface area contributed by atoms with Gasteiger partial charge in [-0.25, -0.2) is 0 Å². The molecular formula is C14H17N3O3. The Labute approximate surface area is 116 Å². The summed E-state index contributed by atoms with van der Waals surface area (Å²) in [6.45, 7) is 6.47. The van der Waals surface area contributed by atoms with Crippen molar-refractivity contribution in [2.45, 2.75) is 26.9 Å². The predicted molar refractivity (Wildman–Crippen MR) is 72.0 cm³/mol. The zero-order chi connectivity index (χ0) is 14.4. The molecular weight excluding hydrogens is 258 g/mol. The van der Waals surface area contributed by atoms with Crippen LogP contribution >= 0.6 is 0 Å². The van der Waals surface area contributed by atoms with E-state index in [1.165, 1.54) is 0 Å². The van der Waals surface area contributed by atoms with Crippen molar-refractivity contribution in [3.63, 3.8) is 0 Å². The van der Waals surface area contributed by atoms with Gasteiger partial charge in [0.2, 0.25) is 0 Å². The smallest absolute Gasteiger partial charge is 0.255 e. The number of aryl methyl sites for hydroxylation is 2. The van der Waals surface area contributed by atoms with Crippen LogP contribution < -0.4 is 0 Å². The Balaban J connectivity index is 1.96. The van der Waals surface area contributed by atoms with Crippen LogP contribution in [-0.4, -0.2) is 44.8 Å². The van der Waals surface area contributed by atoms with Gasteiger partial charge in [0.25, 0.3) is 5.91 Å². The third-order valence-electron chi connectivity index (χ3n) is 3.66. The summed E-state index contributed by atoms with van der Waals surface area (Å²) >= 11 is 0. The molecule has 0 radical (unpaired) electrons. The van der Waals surface area contributed by atoms with E-state index in [1.54, 1.807) is 4.90 Å². The maximum Gasteiger partial charge on any atom is 0.255 e. The summed E-state index contributed by atoms with van der Waals surface area (Å²) in [5.74, 6) is 1.36. The molecule has 1 N–H and O–H groups in total. The minimum absolute atomic E-state index is 0.0464. The highest BCUT2D eigenvalue weighted by atomic mass is 16.5. The van der Waals surface area contributed by atoms with Crippen LogP contribution in [0.2, 0.25) is 0 Å². The number of amides is 1. The number of rotatable bonds is 2. The Morgan fingerprint density at radius 1 is 1.35 bits per heavy atom. The van der Waals surface area contributed by atoms with Crippen molar-refractivity contribution < 1.29 is 14.4 Å². The average molecular weight is 275 g/mol. The molecule has 3 heterocycles. The quantitative estimate of drug-likeness (QED) is 0.894. The van der Waals surface area contributed by atoms with Gasteiger partial charge in [-0.2, -0.15) is 0 Å². The number of likely N-dealkylation sites (tertiary alicyclic amines) is 1. The van der Waals surface area contributed by atoms with E-state index in [2.05, 4.69) is 5.16 Å². The van der Waals surface area contributed by atoms with Crippen molar-refractivity contribution in [3.8, 4) is 5.82 Å². The summed E-state index contributed by atoms with van der Waals surface area (Å²) in [6.07, 6.45) is -0.388. The van der Waals surface area contributed by atoms with Gasteiger partial charge in [0, 0.05) is 30.5 Å². The third-order valence-corrected chi connectivity index (χ3v) is 3.66. The number of nitrogens with zero attached hydrogens (tertiary/aromatic N) is 3. The number of aliphatic hydroxyl groups is 1. The molecule has 1 aliphatic rings. The van der Waals surface area contributed by atoms with Crippen molar-refractivity contribution >= 4 is 5.91 Å². The Morgan fingerprint density at radius 3 is 2.60 bits per heavy atom. The largest absolute Gasteiger partial charge is 0.389 e. The first-order chi connectivity index (χ1) is 9.47. The summed E-state index contributed by atoms with van der Waals surface area (Å²) in [5.41, 5.74) is 2.41. The number of hydrogen-bond acceptors (Lipinski definition) is 4. The zero-order valence-electron chi connectivity index (χ0n) is 11.8. The van der Waals surface area contributed by atoms with Crippen LogP contribution in [-0.2, 0) is 0 Å². The molecule has 0 unspecified atom stereocenters. The molecule has 106 valence electrons. The number of aromatic nitrogens is 2. The zero-order valence-corrected chi connectivity index (χ0v) is 11.8. The minimum Gasteiger partial charge on any atom is -0.389 e. The maximum atomic E-state index is 12.4. The first kappa shape index (κ1) is 12.9. The molecule has 1 fully saturated rings. The lowest BCUT2D eigenvalue weighted by atomic mass is 10.1. The van der Waals surface area contributed by atoms with Gasteiger partial charge in [-0.3, -0.25) is 9.36 Å². The van der Waals surface area contributed by atoms with E-state index in [0.717, 1.165) is 17.1 Å². The van der Waals surface area contributed by atoms with Crippen LogP contribution in [0.4, 0.5) is 0 Å². The normalized spacial score (nSPS) is 15.5. The molecule has 20 heavy (non-hydrogen) atoms. The molecule has 0 spiro atoms. The van der Waals surface area contributed by atoms with Crippen molar-refractivity contribution in [1.29, 1.82) is 0 Å². The van der Waals surface area contributed by atoms with E-state index < -0.39 is 0 Å². The lowest BCUT2D eigenvalue weighted by Crippen LogP contribution is -2.53. The van der Waals surface area contributed by atoms with Gasteiger partial charge in [0.1, 0.15) is 5.76 Å². The molecule has 1 saturated heterocycles. The monoisotopic (exact) mass is 275 g/mol. The van der Waals surface area contributed by atoms with Crippen molar-refractivity contribution in [1.82, 2.24) is 14.6 Å². The van der Waals surface area contributed by atoms with Gasteiger partial charge in [-0.05, 0) is 26.8 Å². The first-order valence-corrected chi connectivity index (χ1v) is 6.57. The van der Waals surface area contributed by atoms with Gasteiger partial charge in [-0.1, -0.05) is 5.16 Å². The fourth-order valence-electron chi connectivity index (χ4n) is 2.58. The second kappa shape index (κ2) is 4.49. The van der Waals surface area contributed by atoms with Crippen LogP contribution in [0.25, 0.3) is 5.82 Å². The number of carbonyl (C=O) groups excluding carboxylic acids is 1. The lowest BCUT2D eigenvalue weighted by Gasteiger charge is -2.35. The van der Waals surface area contributed by atoms with Crippen molar-refractivity contribution in [2.75, 3.05) is 13.1 Å². The van der Waals surface area contributed by atoms with Crippen LogP contribution in [0.3, 0.4) is 0 Å². The van der Waals surface area contributed by atoms with Crippen LogP contribution in [0, 0.1) is 20.8 Å². The molecule has 0 saturated carbocycles. The summed E-state index contributed by atoms with van der Waals surface area (Å²) in [6, 6.07) is 3.69. The van der Waals surface area contributed by atoms with Crippen LogP contribution in [0.5, 0.6) is 0 Å². The van der Waals surface area contributed by atoms with Crippen molar-refractivity contribution in [2.24, 2.45) is 0 Å². The fraction of sp³-hybridized carbons (Fsp3) is 0.429. The summed E-state index contributed by atoms with van der Waals surface area (Å²) in [4.78, 5) is 14.0. The number of hydrogen-bond donors (Lipinski definition) is 1. The van der Waals surface area contributed by atoms with E-state index in [1.807, 2.05) is 37.5 Å². The van der Waals surface area contributed by atoms with Crippen LogP contribution in [0.15, 0.2) is 16.7 Å². The highest BCUT2D eigenvalue weighted by Crippen LogP contribution is 2.23. The molecule has 0 aromatic carbocycles. The number of β-amino-alcohol motifs (C(OH)–C–C–N with tert-alkyl or cyclic N) is 1. The van der Waals surface area contributed by atoms with Gasteiger partial charge >= 0.3 is 0 Å².